The predicted octanol–water partition coefficient (Wildman–Crippen LogP) is 3.70. The molecule has 0 atom stereocenters. The van der Waals surface area contributed by atoms with Crippen molar-refractivity contribution in [3.05, 3.63) is 67.8 Å². The molecule has 0 saturated carbocycles. The van der Waals surface area contributed by atoms with E-state index in [0.29, 0.717) is 17.7 Å². The number of imide groups is 1. The minimum absolute atomic E-state index is 0.198. The van der Waals surface area contributed by atoms with E-state index in [9.17, 15) is 9.59 Å². The fourth-order valence-corrected chi connectivity index (χ4v) is 3.15. The zero-order valence-electron chi connectivity index (χ0n) is 11.8. The van der Waals surface area contributed by atoms with Crippen molar-refractivity contribution in [2.24, 2.45) is 0 Å². The summed E-state index contributed by atoms with van der Waals surface area (Å²) in [7, 11) is 0. The zero-order chi connectivity index (χ0) is 15.1. The van der Waals surface area contributed by atoms with Crippen molar-refractivity contribution in [3.8, 4) is 0 Å². The Balaban J connectivity index is 1.99. The molecule has 0 unspecified atom stereocenters. The number of hydrogen-bond donors (Lipinski definition) is 0. The van der Waals surface area contributed by atoms with Crippen LogP contribution in [0.2, 0.25) is 0 Å². The molecule has 106 valence electrons. The molecular formula is C17H14INO2. The van der Waals surface area contributed by atoms with E-state index < -0.39 is 0 Å². The third-order valence-corrected chi connectivity index (χ3v) is 4.56. The van der Waals surface area contributed by atoms with Gasteiger partial charge >= 0.3 is 0 Å². The highest BCUT2D eigenvalue weighted by atomic mass is 127. The summed E-state index contributed by atoms with van der Waals surface area (Å²) in [5, 5.41) is 0. The maximum atomic E-state index is 12.5. The summed E-state index contributed by atoms with van der Waals surface area (Å²) in [4.78, 5) is 26.3. The van der Waals surface area contributed by atoms with Gasteiger partial charge in [-0.05, 0) is 71.3 Å². The average molecular weight is 391 g/mol. The first-order valence-corrected chi connectivity index (χ1v) is 7.78. The molecule has 0 spiro atoms. The van der Waals surface area contributed by atoms with E-state index in [-0.39, 0.29) is 11.8 Å². The predicted molar refractivity (Wildman–Crippen MR) is 89.3 cm³/mol. The van der Waals surface area contributed by atoms with Crippen molar-refractivity contribution in [2.75, 3.05) is 0 Å². The van der Waals surface area contributed by atoms with Gasteiger partial charge in [0.1, 0.15) is 0 Å². The summed E-state index contributed by atoms with van der Waals surface area (Å²) in [5.41, 5.74) is 4.26. The summed E-state index contributed by atoms with van der Waals surface area (Å²) in [6.45, 7) is 4.34. The van der Waals surface area contributed by atoms with Gasteiger partial charge in [0, 0.05) is 3.57 Å². The van der Waals surface area contributed by atoms with Crippen LogP contribution in [0.1, 0.15) is 37.4 Å². The van der Waals surface area contributed by atoms with Crippen LogP contribution in [0.4, 0.5) is 0 Å². The summed E-state index contributed by atoms with van der Waals surface area (Å²) < 4.78 is 0.960. The van der Waals surface area contributed by atoms with Gasteiger partial charge in [0.25, 0.3) is 11.8 Å². The SMILES string of the molecule is Cc1cccc(C)c1CN1C(=O)c2ccc(I)cc2C1=O. The van der Waals surface area contributed by atoms with Crippen LogP contribution in [-0.2, 0) is 6.54 Å². The largest absolute Gasteiger partial charge is 0.270 e. The molecule has 2 amide bonds. The molecule has 0 N–H and O–H groups in total. The van der Waals surface area contributed by atoms with Crippen molar-refractivity contribution in [1.82, 2.24) is 4.90 Å². The molecular weight excluding hydrogens is 377 g/mol. The Bertz CT molecular complexity index is 747. The Morgan fingerprint density at radius 2 is 1.57 bits per heavy atom. The van der Waals surface area contributed by atoms with Gasteiger partial charge in [0.2, 0.25) is 0 Å². The van der Waals surface area contributed by atoms with Gasteiger partial charge in [-0.3, -0.25) is 14.5 Å². The Labute approximate surface area is 137 Å². The second-order valence-electron chi connectivity index (χ2n) is 5.26. The molecule has 1 aliphatic heterocycles. The number of amides is 2. The molecule has 0 aromatic heterocycles. The number of rotatable bonds is 2. The molecule has 0 bridgehead atoms. The van der Waals surface area contributed by atoms with Crippen LogP contribution >= 0.6 is 22.6 Å². The number of carbonyl (C=O) groups is 2. The van der Waals surface area contributed by atoms with Crippen LogP contribution in [0, 0.1) is 17.4 Å². The topological polar surface area (TPSA) is 37.4 Å². The number of aryl methyl sites for hydroxylation is 2. The second kappa shape index (κ2) is 5.26. The first-order chi connectivity index (χ1) is 9.99. The van der Waals surface area contributed by atoms with E-state index in [1.54, 1.807) is 12.1 Å². The van der Waals surface area contributed by atoms with E-state index >= 15 is 0 Å². The van der Waals surface area contributed by atoms with Crippen LogP contribution in [0.5, 0.6) is 0 Å². The Morgan fingerprint density at radius 3 is 2.24 bits per heavy atom. The normalized spacial score (nSPS) is 13.8. The smallest absolute Gasteiger partial charge is 0.261 e. The van der Waals surface area contributed by atoms with E-state index in [1.165, 1.54) is 4.90 Å². The molecule has 1 aliphatic rings. The molecule has 21 heavy (non-hydrogen) atoms. The third-order valence-electron chi connectivity index (χ3n) is 3.89. The quantitative estimate of drug-likeness (QED) is 0.578. The minimum Gasteiger partial charge on any atom is -0.270 e. The fourth-order valence-electron chi connectivity index (χ4n) is 2.66. The first kappa shape index (κ1) is 14.3. The molecule has 1 heterocycles. The lowest BCUT2D eigenvalue weighted by atomic mass is 10.0. The van der Waals surface area contributed by atoms with Crippen LogP contribution in [0.25, 0.3) is 0 Å². The Hall–Kier alpha value is -1.69. The third kappa shape index (κ3) is 2.37. The van der Waals surface area contributed by atoms with Gasteiger partial charge in [0.05, 0.1) is 17.7 Å². The average Bonchev–Trinajstić information content (AvgIpc) is 2.67. The van der Waals surface area contributed by atoms with Gasteiger partial charge in [-0.1, -0.05) is 18.2 Å². The second-order valence-corrected chi connectivity index (χ2v) is 6.50. The fraction of sp³-hybridized carbons (Fsp3) is 0.176. The molecule has 0 saturated heterocycles. The number of carbonyl (C=O) groups excluding carboxylic acids is 2. The first-order valence-electron chi connectivity index (χ1n) is 6.70. The Morgan fingerprint density at radius 1 is 0.952 bits per heavy atom. The van der Waals surface area contributed by atoms with E-state index in [2.05, 4.69) is 22.6 Å². The number of halogens is 1. The van der Waals surface area contributed by atoms with Gasteiger partial charge in [-0.25, -0.2) is 0 Å². The van der Waals surface area contributed by atoms with Gasteiger partial charge < -0.3 is 0 Å². The molecule has 0 aliphatic carbocycles. The maximum absolute atomic E-state index is 12.5. The van der Waals surface area contributed by atoms with E-state index in [1.807, 2.05) is 38.1 Å². The van der Waals surface area contributed by atoms with E-state index in [0.717, 1.165) is 20.3 Å². The van der Waals surface area contributed by atoms with Gasteiger partial charge in [0.15, 0.2) is 0 Å². The van der Waals surface area contributed by atoms with Crippen LogP contribution in [0.3, 0.4) is 0 Å². The van der Waals surface area contributed by atoms with E-state index in [4.69, 9.17) is 0 Å². The lowest BCUT2D eigenvalue weighted by Gasteiger charge is -2.17. The highest BCUT2D eigenvalue weighted by Crippen LogP contribution is 2.27. The van der Waals surface area contributed by atoms with Crippen LogP contribution in [0.15, 0.2) is 36.4 Å². The number of hydrogen-bond acceptors (Lipinski definition) is 2. The van der Waals surface area contributed by atoms with Crippen molar-refractivity contribution < 1.29 is 9.59 Å². The monoisotopic (exact) mass is 391 g/mol. The summed E-state index contributed by atoms with van der Waals surface area (Å²) >= 11 is 2.15. The molecule has 2 aromatic carbocycles. The minimum atomic E-state index is -0.200. The number of benzene rings is 2. The number of fused-ring (bicyclic) bond motifs is 1. The summed E-state index contributed by atoms with van der Waals surface area (Å²) in [5.74, 6) is -0.398. The van der Waals surface area contributed by atoms with Crippen molar-refractivity contribution in [2.45, 2.75) is 20.4 Å². The lowest BCUT2D eigenvalue weighted by Crippen LogP contribution is -2.29. The van der Waals surface area contributed by atoms with Crippen molar-refractivity contribution >= 4 is 34.4 Å². The molecule has 0 radical (unpaired) electrons. The molecule has 3 rings (SSSR count). The van der Waals surface area contributed by atoms with Gasteiger partial charge in [-0.2, -0.15) is 0 Å². The van der Waals surface area contributed by atoms with Gasteiger partial charge in [-0.15, -0.1) is 0 Å². The lowest BCUT2D eigenvalue weighted by molar-refractivity contribution is 0.0642. The maximum Gasteiger partial charge on any atom is 0.261 e. The molecule has 0 fully saturated rings. The highest BCUT2D eigenvalue weighted by molar-refractivity contribution is 14.1. The Kier molecular flexibility index (Phi) is 3.57. The van der Waals surface area contributed by atoms with Crippen molar-refractivity contribution in [1.29, 1.82) is 0 Å². The highest BCUT2D eigenvalue weighted by Gasteiger charge is 2.35. The van der Waals surface area contributed by atoms with Crippen LogP contribution in [-0.4, -0.2) is 16.7 Å². The number of nitrogens with zero attached hydrogens (tertiary/aromatic N) is 1. The molecule has 2 aromatic rings. The molecule has 3 nitrogen and oxygen atoms in total. The zero-order valence-corrected chi connectivity index (χ0v) is 14.0. The standard InChI is InChI=1S/C17H14INO2/c1-10-4-3-5-11(2)15(10)9-19-16(20)13-7-6-12(18)8-14(13)17(19)21/h3-8H,9H2,1-2H3. The van der Waals surface area contributed by atoms with Crippen LogP contribution < -0.4 is 0 Å². The summed E-state index contributed by atoms with van der Waals surface area (Å²) in [6.07, 6.45) is 0. The van der Waals surface area contributed by atoms with Crippen molar-refractivity contribution in [3.63, 3.8) is 0 Å². The summed E-state index contributed by atoms with van der Waals surface area (Å²) in [6, 6.07) is 11.4. The molecule has 4 heteroatoms.